The van der Waals surface area contributed by atoms with E-state index in [0.29, 0.717) is 52.5 Å². The molecule has 0 unspecified atom stereocenters. The molecule has 0 fully saturated rings. The molecule has 1 amide bonds. The van der Waals surface area contributed by atoms with Crippen LogP contribution in [0.3, 0.4) is 0 Å². The highest BCUT2D eigenvalue weighted by Crippen LogP contribution is 2.24. The second-order valence-electron chi connectivity index (χ2n) is 17.2. The first-order chi connectivity index (χ1) is 39.9. The fourth-order valence-electron chi connectivity index (χ4n) is 6.71. The number of halogens is 5. The number of thioether (sulfide) groups is 1. The summed E-state index contributed by atoms with van der Waals surface area (Å²) in [5, 5.41) is 36.8. The van der Waals surface area contributed by atoms with Crippen molar-refractivity contribution in [3.63, 3.8) is 0 Å². The Morgan fingerprint density at radius 2 is 0.976 bits per heavy atom. The van der Waals surface area contributed by atoms with Crippen molar-refractivity contribution in [3.05, 3.63) is 226 Å². The van der Waals surface area contributed by atoms with Crippen LogP contribution >= 0.6 is 24.0 Å². The van der Waals surface area contributed by atoms with Crippen molar-refractivity contribution in [2.75, 3.05) is 52.5 Å². The van der Waals surface area contributed by atoms with Gasteiger partial charge in [0.1, 0.15) is 35.6 Å². The van der Waals surface area contributed by atoms with E-state index in [2.05, 4.69) is 41.7 Å². The number of carboxylic acids is 1. The number of amides is 1. The van der Waals surface area contributed by atoms with Gasteiger partial charge in [0.25, 0.3) is 5.91 Å². The summed E-state index contributed by atoms with van der Waals surface area (Å²) < 4.78 is 71.8. The van der Waals surface area contributed by atoms with E-state index in [-0.39, 0.29) is 59.8 Å². The smallest absolute Gasteiger partial charge is 0.325 e. The fourth-order valence-corrected chi connectivity index (χ4v) is 7.66. The number of carbonyl (C=O) groups excluding carboxylic acids is 2. The highest BCUT2D eigenvalue weighted by molar-refractivity contribution is 7.99. The maximum atomic E-state index is 13.0. The van der Waals surface area contributed by atoms with Crippen molar-refractivity contribution in [2.24, 2.45) is 5.84 Å². The number of aromatic nitrogens is 6. The van der Waals surface area contributed by atoms with Gasteiger partial charge in [-0.1, -0.05) is 47.2 Å². The monoisotopic (exact) mass is 1180 g/mol. The predicted molar refractivity (Wildman–Crippen MR) is 315 cm³/mol. The van der Waals surface area contributed by atoms with E-state index in [1.54, 1.807) is 55.5 Å². The normalized spacial score (nSPS) is 10.1. The van der Waals surface area contributed by atoms with Gasteiger partial charge in [0.15, 0.2) is 21.6 Å². The third-order valence-electron chi connectivity index (χ3n) is 10.9. The van der Waals surface area contributed by atoms with E-state index < -0.39 is 5.97 Å². The van der Waals surface area contributed by atoms with Gasteiger partial charge in [0, 0.05) is 39.8 Å². The predicted octanol–water partition coefficient (Wildman–Crippen LogP) is 10.9. The van der Waals surface area contributed by atoms with Gasteiger partial charge in [0.05, 0.1) is 32.0 Å². The minimum absolute atomic E-state index is 0.0716. The molecule has 25 heteroatoms. The minimum atomic E-state index is -0.917. The van der Waals surface area contributed by atoms with Gasteiger partial charge in [-0.2, -0.15) is 5.10 Å². The number of hydrogen-bond donors (Lipinski definition) is 9. The van der Waals surface area contributed by atoms with Gasteiger partial charge in [-0.3, -0.25) is 34.0 Å². The second kappa shape index (κ2) is 33.9. The summed E-state index contributed by atoms with van der Waals surface area (Å²) >= 11 is 6.41. The molecule has 0 aliphatic rings. The lowest BCUT2D eigenvalue weighted by Crippen LogP contribution is -2.35. The maximum Gasteiger partial charge on any atom is 0.325 e. The van der Waals surface area contributed by atoms with Crippen LogP contribution in [0.25, 0.3) is 11.4 Å². The Labute approximate surface area is 484 Å². The van der Waals surface area contributed by atoms with E-state index in [0.717, 1.165) is 45.9 Å². The molecule has 11 N–H and O–H groups in total. The van der Waals surface area contributed by atoms with Crippen molar-refractivity contribution >= 4 is 70.3 Å². The zero-order valence-corrected chi connectivity index (χ0v) is 46.7. The number of aryl methyl sites for hydroxylation is 2. The number of hydrazine groups is 1. The van der Waals surface area contributed by atoms with Crippen LogP contribution in [-0.4, -0.2) is 77.9 Å². The summed E-state index contributed by atoms with van der Waals surface area (Å²) in [6.07, 6.45) is 0. The number of nitrogen functional groups attached to an aromatic ring is 1. The molecule has 0 radical (unpaired) electrons. The van der Waals surface area contributed by atoms with Gasteiger partial charge in [-0.25, -0.2) is 27.8 Å². The minimum Gasteiger partial charge on any atom is -0.481 e. The number of aliphatic carboxylic acids is 1. The highest BCUT2D eigenvalue weighted by atomic mass is 32.2. The number of nitrogens with one attached hydrogen (secondary N) is 6. The molecule has 0 atom stereocenters. The van der Waals surface area contributed by atoms with Crippen molar-refractivity contribution in [2.45, 2.75) is 39.0 Å². The average molecular weight is 1180 g/mol. The summed E-state index contributed by atoms with van der Waals surface area (Å²) in [7, 11) is 0. The van der Waals surface area contributed by atoms with E-state index in [1.165, 1.54) is 78.4 Å². The fraction of sp³-hybridized carbons (Fsp3) is 0.155. The molecule has 9 aromatic rings. The van der Waals surface area contributed by atoms with E-state index in [1.807, 2.05) is 76.9 Å². The van der Waals surface area contributed by atoms with Gasteiger partial charge in [0.2, 0.25) is 0 Å². The van der Waals surface area contributed by atoms with Crippen LogP contribution in [-0.2, 0) is 32.2 Å². The number of nitrogens with two attached hydrogens (primary N) is 2. The second-order valence-corrected chi connectivity index (χ2v) is 18.6. The highest BCUT2D eigenvalue weighted by Gasteiger charge is 2.16. The number of benzene rings is 7. The molecular weight excluding hydrogens is 1120 g/mol. The number of carbonyl (C=O) groups is 3. The molecule has 9 rings (SSSR count). The van der Waals surface area contributed by atoms with Gasteiger partial charge in [-0.05, 0) is 179 Å². The number of rotatable bonds is 18. The van der Waals surface area contributed by atoms with Gasteiger partial charge >= 0.3 is 11.9 Å². The number of ether oxygens (including phenoxy) is 1. The summed E-state index contributed by atoms with van der Waals surface area (Å²) in [4.78, 5) is 32.5. The van der Waals surface area contributed by atoms with E-state index in [9.17, 15) is 36.3 Å². The number of aromatic amines is 1. The third kappa shape index (κ3) is 23.2. The van der Waals surface area contributed by atoms with Crippen molar-refractivity contribution in [1.82, 2.24) is 35.0 Å². The number of hydrogen-bond acceptors (Lipinski definition) is 15. The number of esters is 1. The number of carboxylic acid groups (broad SMARTS) is 1. The van der Waals surface area contributed by atoms with Crippen LogP contribution < -0.4 is 38.3 Å². The van der Waals surface area contributed by atoms with Gasteiger partial charge < -0.3 is 36.8 Å². The topological polar surface area (TPSA) is 257 Å². The zero-order chi connectivity index (χ0) is 60.1. The Kier molecular flexibility index (Phi) is 26.2. The summed E-state index contributed by atoms with van der Waals surface area (Å²) in [5.41, 5.74) is 14.9. The third-order valence-corrected chi connectivity index (χ3v) is 12.0. The molecular formula is C58H60F5N13O5S2. The maximum absolute atomic E-state index is 13.0. The molecule has 0 saturated carbocycles. The molecule has 83 heavy (non-hydrogen) atoms. The molecule has 7 aromatic carbocycles. The molecule has 2 aromatic heterocycles. The SMILES string of the molecule is CCOC(=O)CNc1ccc(F)cc1.Cc1ccc(-n2c(CNc3ccc(F)cc3)n[nH]c2=S)cc1.Cc1ccc(-n2c(CNc3ccc(F)cc3)nnc2SCC(=O)O)cc1.NNC(=O)CNc1ccc(F)cc1.Nc1ccc(F)cc1. The number of H-pyrrole nitrogens is 1. The Hall–Kier alpha value is -9.59. The van der Waals surface area contributed by atoms with Gasteiger partial charge in [-0.15, -0.1) is 10.2 Å². The lowest BCUT2D eigenvalue weighted by atomic mass is 10.2. The molecule has 0 bridgehead atoms. The van der Waals surface area contributed by atoms with Crippen molar-refractivity contribution in [1.29, 1.82) is 0 Å². The molecule has 18 nitrogen and oxygen atoms in total. The van der Waals surface area contributed by atoms with Crippen LogP contribution in [0.2, 0.25) is 0 Å². The standard InChI is InChI=1S/C18H17FN4O2S.C16H15FN4S.C10H12FNO2.C8H10FN3O.C6H6FN/c1-12-2-8-15(9-3-12)23-16(21-22-18(23)26-11-17(24)25)10-20-14-6-4-13(19)5-7-14;1-11-2-8-14(9-3-11)21-15(19-20-16(21)22)10-18-13-6-4-12(17)5-7-13;1-2-14-10(13)7-12-9-5-3-8(11)4-6-9;9-6-1-3-7(4-2-6)11-5-8(13)12-10;7-5-1-3-6(8)4-2-5/h2-9,20H,10-11H2,1H3,(H,24,25);2-9,18H,10H2,1H3,(H,20,22);3-6,12H,2,7H2,1H3;1-4,11H,5,10H2,(H,12,13);1-4H,8H2. The molecule has 0 spiro atoms. The van der Waals surface area contributed by atoms with Crippen LogP contribution in [0, 0.1) is 47.7 Å². The quantitative estimate of drug-likeness (QED) is 0.00566. The average Bonchev–Trinajstić information content (AvgIpc) is 4.24. The molecule has 0 aliphatic carbocycles. The lowest BCUT2D eigenvalue weighted by molar-refractivity contribution is -0.141. The van der Waals surface area contributed by atoms with Crippen LogP contribution in [0.15, 0.2) is 175 Å². The van der Waals surface area contributed by atoms with Crippen molar-refractivity contribution < 1.29 is 46.2 Å². The van der Waals surface area contributed by atoms with E-state index >= 15 is 0 Å². The first-order valence-corrected chi connectivity index (χ1v) is 26.5. The first-order valence-electron chi connectivity index (χ1n) is 25.1. The van der Waals surface area contributed by atoms with E-state index in [4.69, 9.17) is 33.6 Å². The Balaban J connectivity index is 0.000000200. The molecule has 2 heterocycles. The van der Waals surface area contributed by atoms with Crippen LogP contribution in [0.5, 0.6) is 0 Å². The van der Waals surface area contributed by atoms with Crippen LogP contribution in [0.1, 0.15) is 29.7 Å². The van der Waals surface area contributed by atoms with Crippen LogP contribution in [0.4, 0.5) is 50.4 Å². The Morgan fingerprint density at radius 3 is 1.39 bits per heavy atom. The molecule has 0 saturated heterocycles. The lowest BCUT2D eigenvalue weighted by Gasteiger charge is -2.11. The largest absolute Gasteiger partial charge is 0.481 e. The number of nitrogens with zero attached hydrogens (tertiary/aromatic N) is 5. The first kappa shape index (κ1) is 64.2. The summed E-state index contributed by atoms with van der Waals surface area (Å²) in [6.45, 7) is 7.15. The molecule has 0 aliphatic heterocycles. The summed E-state index contributed by atoms with van der Waals surface area (Å²) in [5.74, 6) is 3.16. The summed E-state index contributed by atoms with van der Waals surface area (Å²) in [6, 6.07) is 45.3. The Morgan fingerprint density at radius 1 is 0.578 bits per heavy atom. The molecule has 434 valence electrons. The zero-order valence-electron chi connectivity index (χ0n) is 45.1. The number of anilines is 5. The Bertz CT molecular complexity index is 3450. The van der Waals surface area contributed by atoms with Crippen molar-refractivity contribution in [3.8, 4) is 11.4 Å².